The van der Waals surface area contributed by atoms with Crippen molar-refractivity contribution in [3.05, 3.63) is 76.7 Å². The Morgan fingerprint density at radius 3 is 1.92 bits per heavy atom. The van der Waals surface area contributed by atoms with E-state index in [9.17, 15) is 9.59 Å². The Morgan fingerprint density at radius 2 is 1.27 bits per heavy atom. The lowest BCUT2D eigenvalue weighted by molar-refractivity contribution is 0.631. The Hall–Kier alpha value is -4.15. The molecule has 0 aliphatic heterocycles. The zero-order valence-corrected chi connectivity index (χ0v) is 13.0. The fourth-order valence-corrected chi connectivity index (χ4v) is 2.87. The second-order valence-corrected chi connectivity index (χ2v) is 5.46. The minimum absolute atomic E-state index is 0.312. The Labute approximate surface area is 143 Å². The number of nitrogens with zero attached hydrogens (tertiary/aromatic N) is 9. The predicted molar refractivity (Wildman–Crippen MR) is 89.4 cm³/mol. The van der Waals surface area contributed by atoms with Crippen LogP contribution in [0.3, 0.4) is 0 Å². The summed E-state index contributed by atoms with van der Waals surface area (Å²) in [5.41, 5.74) is -0.175. The molecule has 0 atom stereocenters. The first-order chi connectivity index (χ1) is 12.7. The Bertz CT molecular complexity index is 1360. The van der Waals surface area contributed by atoms with E-state index >= 15 is 0 Å². The van der Waals surface area contributed by atoms with Crippen molar-refractivity contribution in [2.24, 2.45) is 0 Å². The van der Waals surface area contributed by atoms with E-state index in [2.05, 4.69) is 25.4 Å². The van der Waals surface area contributed by atoms with Gasteiger partial charge in [0.25, 0.3) is 11.1 Å². The van der Waals surface area contributed by atoms with Crippen molar-refractivity contribution in [1.29, 1.82) is 0 Å². The molecule has 0 bridgehead atoms. The summed E-state index contributed by atoms with van der Waals surface area (Å²) in [7, 11) is 0. The van der Waals surface area contributed by atoms with E-state index in [1.54, 1.807) is 24.5 Å². The SMILES string of the molecule is O=c1c2cnc3ccn(-n4cnnc4)c(=O)c3c2ccn1-n1cnnc1. The fourth-order valence-electron chi connectivity index (χ4n) is 2.87. The van der Waals surface area contributed by atoms with E-state index in [1.807, 2.05) is 0 Å². The van der Waals surface area contributed by atoms with Crippen LogP contribution in [0, 0.1) is 0 Å². The molecule has 5 aromatic rings. The van der Waals surface area contributed by atoms with Gasteiger partial charge < -0.3 is 0 Å². The summed E-state index contributed by atoms with van der Waals surface area (Å²) in [5.74, 6) is 0. The van der Waals surface area contributed by atoms with Crippen LogP contribution in [-0.2, 0) is 0 Å². The molecule has 26 heavy (non-hydrogen) atoms. The number of fused-ring (bicyclic) bond motifs is 3. The normalized spacial score (nSPS) is 11.4. The van der Waals surface area contributed by atoms with E-state index in [0.717, 1.165) is 0 Å². The molecular weight excluding hydrogens is 338 g/mol. The van der Waals surface area contributed by atoms with Crippen molar-refractivity contribution >= 4 is 21.7 Å². The third-order valence-corrected chi connectivity index (χ3v) is 4.08. The molecule has 11 nitrogen and oxygen atoms in total. The van der Waals surface area contributed by atoms with E-state index in [0.29, 0.717) is 21.7 Å². The van der Waals surface area contributed by atoms with E-state index < -0.39 is 0 Å². The average molecular weight is 347 g/mol. The molecule has 126 valence electrons. The standard InChI is InChI=1S/C15H9N9O2/c25-14-11-5-16-12-2-4-24(22-8-19-20-9-22)15(26)13(12)10(11)1-3-23(14)21-6-17-18-7-21/h1-9H. The van der Waals surface area contributed by atoms with Crippen molar-refractivity contribution in [3.63, 3.8) is 0 Å². The number of aromatic nitrogens is 9. The van der Waals surface area contributed by atoms with Crippen LogP contribution < -0.4 is 11.1 Å². The molecule has 0 saturated heterocycles. The molecule has 0 spiro atoms. The molecule has 0 radical (unpaired) electrons. The first-order valence-electron chi connectivity index (χ1n) is 7.50. The Balaban J connectivity index is 1.88. The van der Waals surface area contributed by atoms with Crippen molar-refractivity contribution in [2.75, 3.05) is 0 Å². The van der Waals surface area contributed by atoms with Crippen LogP contribution in [0.4, 0.5) is 0 Å². The summed E-state index contributed by atoms with van der Waals surface area (Å²) in [6, 6.07) is 3.39. The van der Waals surface area contributed by atoms with Crippen LogP contribution >= 0.6 is 0 Å². The van der Waals surface area contributed by atoms with Gasteiger partial charge in [0.1, 0.15) is 25.3 Å². The summed E-state index contributed by atoms with van der Waals surface area (Å²) >= 11 is 0. The zero-order chi connectivity index (χ0) is 17.7. The van der Waals surface area contributed by atoms with E-state index in [4.69, 9.17) is 0 Å². The maximum atomic E-state index is 13.0. The van der Waals surface area contributed by atoms with Crippen LogP contribution in [-0.4, -0.2) is 44.1 Å². The number of hydrogen-bond donors (Lipinski definition) is 0. The minimum atomic E-state index is -0.337. The van der Waals surface area contributed by atoms with Crippen molar-refractivity contribution in [3.8, 4) is 0 Å². The van der Waals surface area contributed by atoms with E-state index in [-0.39, 0.29) is 11.1 Å². The molecular formula is C15H9N9O2. The summed E-state index contributed by atoms with van der Waals surface area (Å²) in [6.07, 6.45) is 10.2. The molecule has 0 aliphatic rings. The molecule has 0 saturated carbocycles. The van der Waals surface area contributed by atoms with Gasteiger partial charge in [-0.3, -0.25) is 14.6 Å². The average Bonchev–Trinajstić information content (AvgIpc) is 3.36. The van der Waals surface area contributed by atoms with Gasteiger partial charge >= 0.3 is 0 Å². The zero-order valence-electron chi connectivity index (χ0n) is 13.0. The summed E-state index contributed by atoms with van der Waals surface area (Å²) in [5, 5.41) is 16.0. The molecule has 0 amide bonds. The molecule has 0 fully saturated rings. The first-order valence-corrected chi connectivity index (χ1v) is 7.50. The van der Waals surface area contributed by atoms with Gasteiger partial charge in [-0.1, -0.05) is 0 Å². The Morgan fingerprint density at radius 1 is 0.692 bits per heavy atom. The highest BCUT2D eigenvalue weighted by atomic mass is 16.1. The monoisotopic (exact) mass is 347 g/mol. The third-order valence-electron chi connectivity index (χ3n) is 4.08. The van der Waals surface area contributed by atoms with Gasteiger partial charge in [-0.2, -0.15) is 0 Å². The van der Waals surface area contributed by atoms with Gasteiger partial charge in [-0.05, 0) is 12.1 Å². The van der Waals surface area contributed by atoms with Gasteiger partial charge in [-0.25, -0.2) is 18.7 Å². The summed E-state index contributed by atoms with van der Waals surface area (Å²) in [4.78, 5) is 30.1. The minimum Gasteiger partial charge on any atom is -0.267 e. The van der Waals surface area contributed by atoms with Crippen molar-refractivity contribution in [2.45, 2.75) is 0 Å². The van der Waals surface area contributed by atoms with Gasteiger partial charge in [0.15, 0.2) is 0 Å². The molecule has 11 heteroatoms. The molecule has 0 N–H and O–H groups in total. The van der Waals surface area contributed by atoms with Crippen LogP contribution in [0.1, 0.15) is 0 Å². The lowest BCUT2D eigenvalue weighted by Gasteiger charge is -2.10. The first kappa shape index (κ1) is 14.2. The lowest BCUT2D eigenvalue weighted by Crippen LogP contribution is -2.27. The summed E-state index contributed by atoms with van der Waals surface area (Å²) in [6.45, 7) is 0. The Kier molecular flexibility index (Phi) is 2.83. The van der Waals surface area contributed by atoms with Gasteiger partial charge in [0.2, 0.25) is 0 Å². The highest BCUT2D eigenvalue weighted by Gasteiger charge is 2.13. The topological polar surface area (TPSA) is 118 Å². The number of rotatable bonds is 2. The highest BCUT2D eigenvalue weighted by molar-refractivity contribution is 6.04. The van der Waals surface area contributed by atoms with Gasteiger partial charge in [0.05, 0.1) is 16.3 Å². The van der Waals surface area contributed by atoms with Gasteiger partial charge in [-0.15, -0.1) is 20.4 Å². The molecule has 0 aliphatic carbocycles. The van der Waals surface area contributed by atoms with Crippen molar-refractivity contribution in [1.82, 2.24) is 44.1 Å². The number of pyridine rings is 3. The predicted octanol–water partition coefficient (Wildman–Crippen LogP) is -0.483. The molecule has 0 aromatic carbocycles. The fraction of sp³-hybridized carbons (Fsp3) is 0. The quantitative estimate of drug-likeness (QED) is 0.396. The molecule has 0 unspecified atom stereocenters. The maximum absolute atomic E-state index is 13.0. The second kappa shape index (κ2) is 5.17. The second-order valence-electron chi connectivity index (χ2n) is 5.46. The summed E-state index contributed by atoms with van der Waals surface area (Å²) < 4.78 is 5.55. The number of hydrogen-bond acceptors (Lipinski definition) is 7. The molecule has 5 aromatic heterocycles. The van der Waals surface area contributed by atoms with Crippen LogP contribution in [0.5, 0.6) is 0 Å². The maximum Gasteiger partial charge on any atom is 0.279 e. The molecule has 5 heterocycles. The molecule has 5 rings (SSSR count). The van der Waals surface area contributed by atoms with Crippen molar-refractivity contribution < 1.29 is 0 Å². The highest BCUT2D eigenvalue weighted by Crippen LogP contribution is 2.17. The van der Waals surface area contributed by atoms with Crippen LogP contribution in [0.2, 0.25) is 0 Å². The van der Waals surface area contributed by atoms with Crippen LogP contribution in [0.25, 0.3) is 21.7 Å². The largest absolute Gasteiger partial charge is 0.279 e. The van der Waals surface area contributed by atoms with E-state index in [1.165, 1.54) is 50.2 Å². The lowest BCUT2D eigenvalue weighted by atomic mass is 10.1. The van der Waals surface area contributed by atoms with Gasteiger partial charge in [0, 0.05) is 24.0 Å². The third kappa shape index (κ3) is 1.90. The smallest absolute Gasteiger partial charge is 0.267 e. The van der Waals surface area contributed by atoms with Crippen LogP contribution in [0.15, 0.2) is 65.6 Å².